The van der Waals surface area contributed by atoms with Crippen molar-refractivity contribution in [2.24, 2.45) is 0 Å². The number of hydrogen-bond donors (Lipinski definition) is 2. The number of quaternary nitrogens is 1. The highest BCUT2D eigenvalue weighted by Gasteiger charge is 2.31. The Morgan fingerprint density at radius 2 is 2.07 bits per heavy atom. The number of alkyl halides is 3. The molecule has 0 bridgehead atoms. The Morgan fingerprint density at radius 3 is 2.74 bits per heavy atom. The molecule has 5 nitrogen and oxygen atoms in total. The Hall–Kier alpha value is -1.89. The first kappa shape index (κ1) is 21.4. The van der Waals surface area contributed by atoms with Gasteiger partial charge in [-0.25, -0.2) is 0 Å². The van der Waals surface area contributed by atoms with Crippen LogP contribution in [0.1, 0.15) is 18.4 Å². The lowest BCUT2D eigenvalue weighted by atomic mass is 10.2. The van der Waals surface area contributed by atoms with Crippen LogP contribution in [0, 0.1) is 11.3 Å². The van der Waals surface area contributed by atoms with E-state index in [-0.39, 0.29) is 13.0 Å². The van der Waals surface area contributed by atoms with Crippen molar-refractivity contribution in [3.8, 4) is 6.07 Å². The van der Waals surface area contributed by atoms with Gasteiger partial charge in [0.25, 0.3) is 0 Å². The summed E-state index contributed by atoms with van der Waals surface area (Å²) in [5, 5.41) is 12.3. The van der Waals surface area contributed by atoms with E-state index in [2.05, 4.69) is 5.32 Å². The van der Waals surface area contributed by atoms with Crippen LogP contribution < -0.4 is 15.1 Å². The van der Waals surface area contributed by atoms with Crippen molar-refractivity contribution in [2.45, 2.75) is 19.0 Å². The Bertz CT molecular complexity index is 657. The fourth-order valence-corrected chi connectivity index (χ4v) is 3.20. The summed E-state index contributed by atoms with van der Waals surface area (Å²) in [5.74, 6) is 0. The molecular weight excluding hydrogens is 377 g/mol. The van der Waals surface area contributed by atoms with Crippen molar-refractivity contribution in [1.82, 2.24) is 5.32 Å². The number of rotatable bonds is 7. The molecule has 1 saturated heterocycles. The highest BCUT2D eigenvalue weighted by Crippen LogP contribution is 2.31. The molecule has 0 spiro atoms. The van der Waals surface area contributed by atoms with E-state index < -0.39 is 11.7 Å². The van der Waals surface area contributed by atoms with Crippen LogP contribution in [-0.4, -0.2) is 51.0 Å². The van der Waals surface area contributed by atoms with Gasteiger partial charge in [0, 0.05) is 25.2 Å². The van der Waals surface area contributed by atoms with Crippen molar-refractivity contribution in [2.75, 3.05) is 50.8 Å². The number of morpholine rings is 1. The average molecular weight is 401 g/mol. The number of nitrogens with one attached hydrogen (secondary N) is 2. The Labute approximate surface area is 162 Å². The predicted octanol–water partition coefficient (Wildman–Crippen LogP) is 1.61. The van der Waals surface area contributed by atoms with Crippen LogP contribution in [0.3, 0.4) is 0 Å². The fraction of sp³-hybridized carbons (Fsp3) is 0.556. The minimum atomic E-state index is -4.42. The van der Waals surface area contributed by atoms with E-state index in [9.17, 15) is 13.2 Å². The van der Waals surface area contributed by atoms with Crippen molar-refractivity contribution in [3.05, 3.63) is 29.8 Å². The van der Waals surface area contributed by atoms with E-state index in [4.69, 9.17) is 22.2 Å². The fourth-order valence-electron chi connectivity index (χ4n) is 2.90. The third-order valence-electron chi connectivity index (χ3n) is 4.36. The summed E-state index contributed by atoms with van der Waals surface area (Å²) in [7, 11) is 0. The zero-order valence-electron chi connectivity index (χ0n) is 15.0. The zero-order valence-corrected chi connectivity index (χ0v) is 15.8. The summed E-state index contributed by atoms with van der Waals surface area (Å²) >= 11 is 5.37. The molecule has 27 heavy (non-hydrogen) atoms. The van der Waals surface area contributed by atoms with E-state index in [1.54, 1.807) is 11.0 Å². The van der Waals surface area contributed by atoms with Gasteiger partial charge in [-0.05, 0) is 30.4 Å². The summed E-state index contributed by atoms with van der Waals surface area (Å²) in [6.45, 7) is 5.38. The average Bonchev–Trinajstić information content (AvgIpc) is 2.66. The minimum Gasteiger partial charge on any atom is -0.370 e. The summed E-state index contributed by atoms with van der Waals surface area (Å²) in [6, 6.07) is 7.01. The summed E-state index contributed by atoms with van der Waals surface area (Å²) in [6.07, 6.45) is -3.37. The van der Waals surface area contributed by atoms with E-state index in [0.717, 1.165) is 51.4 Å². The number of ether oxygens (including phenoxy) is 1. The van der Waals surface area contributed by atoms with Gasteiger partial charge >= 0.3 is 6.18 Å². The Balaban J connectivity index is 1.94. The van der Waals surface area contributed by atoms with Crippen molar-refractivity contribution in [3.63, 3.8) is 0 Å². The Morgan fingerprint density at radius 1 is 1.33 bits per heavy atom. The molecular formula is C18H24F3N4OS+. The number of halogens is 3. The van der Waals surface area contributed by atoms with Gasteiger partial charge in [0.05, 0.1) is 37.8 Å². The molecule has 1 fully saturated rings. The van der Waals surface area contributed by atoms with Crippen LogP contribution in [-0.2, 0) is 10.9 Å². The number of thiocarbonyl (C=S) groups is 1. The predicted molar refractivity (Wildman–Crippen MR) is 101 cm³/mol. The molecule has 1 heterocycles. The molecule has 1 aromatic carbocycles. The number of benzene rings is 1. The van der Waals surface area contributed by atoms with Gasteiger partial charge in [0.2, 0.25) is 0 Å². The molecule has 0 aromatic heterocycles. The highest BCUT2D eigenvalue weighted by atomic mass is 32.1. The van der Waals surface area contributed by atoms with E-state index >= 15 is 0 Å². The monoisotopic (exact) mass is 401 g/mol. The first-order valence-electron chi connectivity index (χ1n) is 8.92. The lowest BCUT2D eigenvalue weighted by molar-refractivity contribution is -0.908. The Kier molecular flexibility index (Phi) is 8.28. The van der Waals surface area contributed by atoms with Crippen LogP contribution in [0.5, 0.6) is 0 Å². The second kappa shape index (κ2) is 10.4. The molecule has 0 amide bonds. The van der Waals surface area contributed by atoms with Gasteiger partial charge in [0.15, 0.2) is 5.11 Å². The van der Waals surface area contributed by atoms with Crippen molar-refractivity contribution < 1.29 is 22.8 Å². The second-order valence-electron chi connectivity index (χ2n) is 6.31. The quantitative estimate of drug-likeness (QED) is 0.537. The minimum absolute atomic E-state index is 0.163. The summed E-state index contributed by atoms with van der Waals surface area (Å²) in [4.78, 5) is 3.03. The van der Waals surface area contributed by atoms with E-state index in [0.29, 0.717) is 17.3 Å². The van der Waals surface area contributed by atoms with Gasteiger partial charge in [0.1, 0.15) is 13.1 Å². The molecule has 0 saturated carbocycles. The van der Waals surface area contributed by atoms with Crippen molar-refractivity contribution in [1.29, 1.82) is 5.26 Å². The van der Waals surface area contributed by atoms with E-state index in [1.807, 2.05) is 6.07 Å². The van der Waals surface area contributed by atoms with Crippen molar-refractivity contribution >= 4 is 23.0 Å². The maximum absolute atomic E-state index is 13.0. The maximum atomic E-state index is 13.0. The SMILES string of the molecule is N#CCCN(C(=S)NCCC[NH+]1CCOCC1)c1cccc(C(F)(F)F)c1. The molecule has 0 unspecified atom stereocenters. The summed E-state index contributed by atoms with van der Waals surface area (Å²) in [5.41, 5.74) is -0.406. The lowest BCUT2D eigenvalue weighted by Crippen LogP contribution is -3.14. The van der Waals surface area contributed by atoms with Crippen LogP contribution >= 0.6 is 12.2 Å². The standard InChI is InChI=1S/C18H23F3N4OS/c19-18(20,21)15-4-1-5-16(14-15)25(9-2-6-22)17(27)23-7-3-8-24-10-12-26-13-11-24/h1,4-5,14H,2-3,7-13H2,(H,23,27)/p+1. The molecule has 0 radical (unpaired) electrons. The molecule has 1 aliphatic rings. The third kappa shape index (κ3) is 6.97. The highest BCUT2D eigenvalue weighted by molar-refractivity contribution is 7.80. The van der Waals surface area contributed by atoms with E-state index in [1.165, 1.54) is 11.0 Å². The van der Waals surface area contributed by atoms with Gasteiger partial charge in [-0.15, -0.1) is 0 Å². The topological polar surface area (TPSA) is 52.7 Å². The van der Waals surface area contributed by atoms with Gasteiger partial charge in [-0.3, -0.25) is 0 Å². The maximum Gasteiger partial charge on any atom is 0.416 e. The normalized spacial score (nSPS) is 15.2. The summed E-state index contributed by atoms with van der Waals surface area (Å²) < 4.78 is 44.3. The molecule has 0 aliphatic carbocycles. The number of hydrogen-bond acceptors (Lipinski definition) is 3. The van der Waals surface area contributed by atoms with Crippen LogP contribution in [0.25, 0.3) is 0 Å². The molecule has 0 atom stereocenters. The van der Waals surface area contributed by atoms with Crippen LogP contribution in [0.4, 0.5) is 18.9 Å². The first-order valence-corrected chi connectivity index (χ1v) is 9.33. The molecule has 2 rings (SSSR count). The number of nitrogens with zero attached hydrogens (tertiary/aromatic N) is 2. The molecule has 1 aliphatic heterocycles. The van der Waals surface area contributed by atoms with Crippen LogP contribution in [0.2, 0.25) is 0 Å². The largest absolute Gasteiger partial charge is 0.416 e. The van der Waals surface area contributed by atoms with Gasteiger partial charge in [-0.1, -0.05) is 6.07 Å². The molecule has 2 N–H and O–H groups in total. The van der Waals surface area contributed by atoms with Crippen LogP contribution in [0.15, 0.2) is 24.3 Å². The molecule has 1 aromatic rings. The zero-order chi connectivity index (χ0) is 19.7. The number of anilines is 1. The molecule has 148 valence electrons. The first-order chi connectivity index (χ1) is 12.9. The van der Waals surface area contributed by atoms with Gasteiger partial charge < -0.3 is 19.9 Å². The van der Waals surface area contributed by atoms with Gasteiger partial charge in [-0.2, -0.15) is 18.4 Å². The lowest BCUT2D eigenvalue weighted by Gasteiger charge is -2.27. The smallest absolute Gasteiger partial charge is 0.370 e. The number of nitriles is 1. The third-order valence-corrected chi connectivity index (χ3v) is 4.73. The second-order valence-corrected chi connectivity index (χ2v) is 6.69. The molecule has 9 heteroatoms.